The molecule has 0 aliphatic rings. The maximum Gasteiger partial charge on any atom is 0.269 e. The molecule has 0 saturated carbocycles. The first-order valence-corrected chi connectivity index (χ1v) is 7.84. The molecule has 0 aliphatic carbocycles. The zero-order valence-electron chi connectivity index (χ0n) is 13.5. The fourth-order valence-corrected chi connectivity index (χ4v) is 2.44. The first-order valence-electron chi connectivity index (χ1n) is 7.84. The van der Waals surface area contributed by atoms with E-state index in [9.17, 15) is 10.1 Å². The van der Waals surface area contributed by atoms with E-state index in [1.807, 2.05) is 18.2 Å². The molecule has 0 unspecified atom stereocenters. The minimum Gasteiger partial charge on any atom is -0.309 e. The van der Waals surface area contributed by atoms with Gasteiger partial charge in [0.1, 0.15) is 0 Å². The number of nitro benzene ring substituents is 1. The second kappa shape index (κ2) is 8.41. The second-order valence-corrected chi connectivity index (χ2v) is 5.61. The van der Waals surface area contributed by atoms with E-state index in [0.29, 0.717) is 6.04 Å². The smallest absolute Gasteiger partial charge is 0.269 e. The van der Waals surface area contributed by atoms with Crippen LogP contribution in [0.25, 0.3) is 0 Å². The third kappa shape index (κ3) is 5.16. The fourth-order valence-electron chi connectivity index (χ4n) is 2.44. The molecule has 0 heterocycles. The van der Waals surface area contributed by atoms with Gasteiger partial charge in [0.15, 0.2) is 0 Å². The number of rotatable bonds is 8. The second-order valence-electron chi connectivity index (χ2n) is 5.61. The summed E-state index contributed by atoms with van der Waals surface area (Å²) >= 11 is 0. The van der Waals surface area contributed by atoms with Crippen molar-refractivity contribution < 1.29 is 4.92 Å². The topological polar surface area (TPSA) is 67.2 Å². The predicted octanol–water partition coefficient (Wildman–Crippen LogP) is 3.60. The first kappa shape index (κ1) is 17.1. The standard InChI is InChI=1S/C18H23N3O2/c1-14(16-6-4-3-5-7-16)19-12-13-20-15(2)17-8-10-18(11-9-17)21(22)23/h3-11,14-15,19-20H,12-13H2,1-2H3/t14-,15-/m0/s1. The van der Waals surface area contributed by atoms with Crippen molar-refractivity contribution in [2.24, 2.45) is 0 Å². The number of nitrogens with zero attached hydrogens (tertiary/aromatic N) is 1. The Morgan fingerprint density at radius 1 is 0.870 bits per heavy atom. The summed E-state index contributed by atoms with van der Waals surface area (Å²) in [5, 5.41) is 17.6. The highest BCUT2D eigenvalue weighted by atomic mass is 16.6. The molecule has 5 heteroatoms. The molecule has 0 amide bonds. The van der Waals surface area contributed by atoms with Crippen molar-refractivity contribution in [3.05, 3.63) is 75.8 Å². The molecule has 2 aromatic carbocycles. The molecule has 0 bridgehead atoms. The van der Waals surface area contributed by atoms with Gasteiger partial charge in [-0.1, -0.05) is 42.5 Å². The fraction of sp³-hybridized carbons (Fsp3) is 0.333. The Labute approximate surface area is 136 Å². The maximum absolute atomic E-state index is 10.7. The minimum atomic E-state index is -0.378. The Bertz CT molecular complexity index is 614. The Balaban J connectivity index is 1.74. The van der Waals surface area contributed by atoms with Crippen molar-refractivity contribution in [3.63, 3.8) is 0 Å². The highest BCUT2D eigenvalue weighted by Crippen LogP contribution is 2.17. The van der Waals surface area contributed by atoms with E-state index >= 15 is 0 Å². The van der Waals surface area contributed by atoms with E-state index in [1.165, 1.54) is 5.56 Å². The summed E-state index contributed by atoms with van der Waals surface area (Å²) in [5.41, 5.74) is 2.45. The Kier molecular flexibility index (Phi) is 6.26. The lowest BCUT2D eigenvalue weighted by Gasteiger charge is -2.17. The lowest BCUT2D eigenvalue weighted by Crippen LogP contribution is -2.30. The third-order valence-corrected chi connectivity index (χ3v) is 3.93. The van der Waals surface area contributed by atoms with E-state index in [4.69, 9.17) is 0 Å². The number of nitrogens with one attached hydrogen (secondary N) is 2. The number of hydrogen-bond acceptors (Lipinski definition) is 4. The molecule has 23 heavy (non-hydrogen) atoms. The summed E-state index contributed by atoms with van der Waals surface area (Å²) in [7, 11) is 0. The monoisotopic (exact) mass is 313 g/mol. The summed E-state index contributed by atoms with van der Waals surface area (Å²) in [6.07, 6.45) is 0. The van der Waals surface area contributed by atoms with Gasteiger partial charge in [-0.05, 0) is 25.0 Å². The molecule has 0 aliphatic heterocycles. The Morgan fingerprint density at radius 3 is 1.83 bits per heavy atom. The SMILES string of the molecule is C[C@H](NCCN[C@@H](C)c1ccc([N+](=O)[O-])cc1)c1ccccc1. The molecule has 2 aromatic rings. The van der Waals surface area contributed by atoms with E-state index in [1.54, 1.807) is 24.3 Å². The van der Waals surface area contributed by atoms with Crippen LogP contribution in [-0.2, 0) is 0 Å². The van der Waals surface area contributed by atoms with E-state index < -0.39 is 0 Å². The van der Waals surface area contributed by atoms with Gasteiger partial charge in [-0.2, -0.15) is 0 Å². The van der Waals surface area contributed by atoms with Gasteiger partial charge in [0.2, 0.25) is 0 Å². The molecule has 0 radical (unpaired) electrons. The zero-order valence-corrected chi connectivity index (χ0v) is 13.5. The third-order valence-electron chi connectivity index (χ3n) is 3.93. The molecule has 5 nitrogen and oxygen atoms in total. The van der Waals surface area contributed by atoms with Gasteiger partial charge in [0, 0.05) is 37.3 Å². The summed E-state index contributed by atoms with van der Waals surface area (Å²) in [6, 6.07) is 17.5. The largest absolute Gasteiger partial charge is 0.309 e. The van der Waals surface area contributed by atoms with E-state index in [0.717, 1.165) is 18.7 Å². The van der Waals surface area contributed by atoms with Crippen molar-refractivity contribution >= 4 is 5.69 Å². The van der Waals surface area contributed by atoms with E-state index in [-0.39, 0.29) is 16.7 Å². The van der Waals surface area contributed by atoms with Crippen LogP contribution in [0.15, 0.2) is 54.6 Å². The van der Waals surface area contributed by atoms with Crippen LogP contribution in [0.5, 0.6) is 0 Å². The van der Waals surface area contributed by atoms with Gasteiger partial charge in [0.05, 0.1) is 4.92 Å². The van der Waals surface area contributed by atoms with Crippen LogP contribution in [-0.4, -0.2) is 18.0 Å². The van der Waals surface area contributed by atoms with Crippen molar-refractivity contribution in [2.45, 2.75) is 25.9 Å². The molecule has 2 rings (SSSR count). The van der Waals surface area contributed by atoms with Crippen LogP contribution in [0.2, 0.25) is 0 Å². The Hall–Kier alpha value is -2.24. The zero-order chi connectivity index (χ0) is 16.7. The maximum atomic E-state index is 10.7. The molecule has 0 fully saturated rings. The van der Waals surface area contributed by atoms with Gasteiger partial charge in [-0.3, -0.25) is 10.1 Å². The number of hydrogen-bond donors (Lipinski definition) is 2. The number of nitro groups is 1. The van der Waals surface area contributed by atoms with Crippen LogP contribution in [0.4, 0.5) is 5.69 Å². The van der Waals surface area contributed by atoms with Crippen LogP contribution in [0.3, 0.4) is 0 Å². The van der Waals surface area contributed by atoms with E-state index in [2.05, 4.69) is 36.6 Å². The van der Waals surface area contributed by atoms with Crippen LogP contribution in [0, 0.1) is 10.1 Å². The lowest BCUT2D eigenvalue weighted by molar-refractivity contribution is -0.384. The van der Waals surface area contributed by atoms with Crippen LogP contribution in [0.1, 0.15) is 37.1 Å². The normalized spacial score (nSPS) is 13.5. The average Bonchev–Trinajstić information content (AvgIpc) is 2.59. The molecule has 122 valence electrons. The molecular formula is C18H23N3O2. The molecule has 2 atom stereocenters. The molecule has 0 aromatic heterocycles. The van der Waals surface area contributed by atoms with Gasteiger partial charge in [0.25, 0.3) is 5.69 Å². The highest BCUT2D eigenvalue weighted by molar-refractivity contribution is 5.34. The number of benzene rings is 2. The molecule has 0 saturated heterocycles. The summed E-state index contributed by atoms with van der Waals surface area (Å²) < 4.78 is 0. The van der Waals surface area contributed by atoms with Gasteiger partial charge in [-0.15, -0.1) is 0 Å². The van der Waals surface area contributed by atoms with Crippen LogP contribution >= 0.6 is 0 Å². The van der Waals surface area contributed by atoms with Crippen molar-refractivity contribution in [1.82, 2.24) is 10.6 Å². The van der Waals surface area contributed by atoms with Gasteiger partial charge in [-0.25, -0.2) is 0 Å². The minimum absolute atomic E-state index is 0.124. The number of non-ortho nitro benzene ring substituents is 1. The van der Waals surface area contributed by atoms with Crippen molar-refractivity contribution in [1.29, 1.82) is 0 Å². The quantitative estimate of drug-likeness (QED) is 0.444. The van der Waals surface area contributed by atoms with Crippen LogP contribution < -0.4 is 10.6 Å². The molecular weight excluding hydrogens is 290 g/mol. The highest BCUT2D eigenvalue weighted by Gasteiger charge is 2.09. The Morgan fingerprint density at radius 2 is 1.35 bits per heavy atom. The van der Waals surface area contributed by atoms with Crippen molar-refractivity contribution in [3.8, 4) is 0 Å². The van der Waals surface area contributed by atoms with Gasteiger partial charge < -0.3 is 10.6 Å². The molecule has 0 spiro atoms. The van der Waals surface area contributed by atoms with Gasteiger partial charge >= 0.3 is 0 Å². The summed E-state index contributed by atoms with van der Waals surface area (Å²) in [6.45, 7) is 5.89. The van der Waals surface area contributed by atoms with Crippen molar-refractivity contribution in [2.75, 3.05) is 13.1 Å². The summed E-state index contributed by atoms with van der Waals surface area (Å²) in [5.74, 6) is 0. The average molecular weight is 313 g/mol. The predicted molar refractivity (Wildman–Crippen MR) is 92.4 cm³/mol. The summed E-state index contributed by atoms with van der Waals surface area (Å²) in [4.78, 5) is 10.3. The molecule has 2 N–H and O–H groups in total. The first-order chi connectivity index (χ1) is 11.1. The lowest BCUT2D eigenvalue weighted by atomic mass is 10.1.